The van der Waals surface area contributed by atoms with Crippen LogP contribution < -0.4 is 5.32 Å². The van der Waals surface area contributed by atoms with Gasteiger partial charge < -0.3 is 14.7 Å². The van der Waals surface area contributed by atoms with Crippen LogP contribution in [0.4, 0.5) is 5.82 Å². The van der Waals surface area contributed by atoms with Gasteiger partial charge in [-0.25, -0.2) is 9.97 Å². The largest absolute Gasteiger partial charge is 0.367 e. The average molecular weight is 428 g/mol. The van der Waals surface area contributed by atoms with Crippen molar-refractivity contribution in [2.75, 3.05) is 18.4 Å². The van der Waals surface area contributed by atoms with E-state index in [2.05, 4.69) is 25.4 Å². The number of likely N-dealkylation sites (tertiary alicyclic amines) is 1. The number of hydrogen-bond acceptors (Lipinski definition) is 7. The van der Waals surface area contributed by atoms with Crippen LogP contribution in [0.1, 0.15) is 35.4 Å². The van der Waals surface area contributed by atoms with Crippen LogP contribution in [0.2, 0.25) is 0 Å². The molecule has 32 heavy (non-hydrogen) atoms. The summed E-state index contributed by atoms with van der Waals surface area (Å²) in [5.41, 5.74) is 2.14. The Bertz CT molecular complexity index is 1250. The van der Waals surface area contributed by atoms with Gasteiger partial charge in [0.2, 0.25) is 0 Å². The fourth-order valence-corrected chi connectivity index (χ4v) is 4.26. The standard InChI is InChI=1S/C24H24N6O2/c1-16-28-23(32-29-16)18-9-2-3-10-19(18)24(31)30-13-7-6-8-17(30)14-25-22-20-11-4-5-12-21(20)26-15-27-22/h2-5,9-12,15,17H,6-8,13-14H2,1H3,(H,25,26,27). The molecule has 1 N–H and O–H groups in total. The van der Waals surface area contributed by atoms with Crippen molar-refractivity contribution in [3.8, 4) is 11.5 Å². The molecule has 162 valence electrons. The highest BCUT2D eigenvalue weighted by molar-refractivity contribution is 6.00. The number of nitrogens with zero attached hydrogens (tertiary/aromatic N) is 5. The SMILES string of the molecule is Cc1noc(-c2ccccc2C(=O)N2CCCCC2CNc2ncnc3ccccc23)n1. The van der Waals surface area contributed by atoms with E-state index in [1.807, 2.05) is 53.4 Å². The first kappa shape index (κ1) is 20.1. The number of rotatable bonds is 5. The third-order valence-corrected chi connectivity index (χ3v) is 5.85. The molecule has 3 heterocycles. The number of carbonyl (C=O) groups excluding carboxylic acids is 1. The molecule has 5 rings (SSSR count). The monoisotopic (exact) mass is 428 g/mol. The topological polar surface area (TPSA) is 97.0 Å². The molecule has 2 aromatic heterocycles. The van der Waals surface area contributed by atoms with Crippen molar-refractivity contribution in [2.24, 2.45) is 0 Å². The molecule has 8 nitrogen and oxygen atoms in total. The van der Waals surface area contributed by atoms with E-state index in [0.29, 0.717) is 35.9 Å². The molecule has 0 bridgehead atoms. The number of nitrogens with one attached hydrogen (secondary N) is 1. The summed E-state index contributed by atoms with van der Waals surface area (Å²) >= 11 is 0. The van der Waals surface area contributed by atoms with E-state index in [9.17, 15) is 4.79 Å². The van der Waals surface area contributed by atoms with Crippen LogP contribution in [-0.4, -0.2) is 50.0 Å². The number of amides is 1. The molecule has 4 aromatic rings. The first-order valence-electron chi connectivity index (χ1n) is 10.8. The van der Waals surface area contributed by atoms with Gasteiger partial charge in [-0.05, 0) is 50.5 Å². The maximum absolute atomic E-state index is 13.6. The second kappa shape index (κ2) is 8.74. The van der Waals surface area contributed by atoms with E-state index < -0.39 is 0 Å². The predicted octanol–water partition coefficient (Wildman–Crippen LogP) is 4.10. The van der Waals surface area contributed by atoms with Gasteiger partial charge in [-0.1, -0.05) is 29.4 Å². The molecule has 0 saturated carbocycles. The number of hydrogen-bond donors (Lipinski definition) is 1. The highest BCUT2D eigenvalue weighted by Crippen LogP contribution is 2.27. The molecule has 1 aliphatic heterocycles. The third-order valence-electron chi connectivity index (χ3n) is 5.85. The molecular weight excluding hydrogens is 404 g/mol. The average Bonchev–Trinajstić information content (AvgIpc) is 3.28. The van der Waals surface area contributed by atoms with Gasteiger partial charge in [-0.15, -0.1) is 0 Å². The van der Waals surface area contributed by atoms with E-state index in [0.717, 1.165) is 36.0 Å². The summed E-state index contributed by atoms with van der Waals surface area (Å²) in [5.74, 6) is 1.68. The maximum Gasteiger partial charge on any atom is 0.258 e. The quantitative estimate of drug-likeness (QED) is 0.511. The van der Waals surface area contributed by atoms with Crippen molar-refractivity contribution in [1.82, 2.24) is 25.0 Å². The molecule has 1 atom stereocenters. The lowest BCUT2D eigenvalue weighted by Crippen LogP contribution is -2.47. The summed E-state index contributed by atoms with van der Waals surface area (Å²) in [4.78, 5) is 28.6. The van der Waals surface area contributed by atoms with E-state index in [-0.39, 0.29) is 11.9 Å². The van der Waals surface area contributed by atoms with Crippen molar-refractivity contribution in [2.45, 2.75) is 32.2 Å². The predicted molar refractivity (Wildman–Crippen MR) is 121 cm³/mol. The van der Waals surface area contributed by atoms with E-state index in [1.54, 1.807) is 13.3 Å². The van der Waals surface area contributed by atoms with Crippen molar-refractivity contribution in [3.05, 3.63) is 66.2 Å². The highest BCUT2D eigenvalue weighted by atomic mass is 16.5. The molecular formula is C24H24N6O2. The van der Waals surface area contributed by atoms with Gasteiger partial charge >= 0.3 is 0 Å². The fourth-order valence-electron chi connectivity index (χ4n) is 4.26. The zero-order valence-corrected chi connectivity index (χ0v) is 17.9. The van der Waals surface area contributed by atoms with E-state index in [1.165, 1.54) is 0 Å². The van der Waals surface area contributed by atoms with E-state index in [4.69, 9.17) is 4.52 Å². The number of anilines is 1. The maximum atomic E-state index is 13.6. The van der Waals surface area contributed by atoms with Gasteiger partial charge in [0.25, 0.3) is 11.8 Å². The summed E-state index contributed by atoms with van der Waals surface area (Å²) < 4.78 is 5.34. The lowest BCUT2D eigenvalue weighted by molar-refractivity contribution is 0.0629. The number of fused-ring (bicyclic) bond motifs is 1. The van der Waals surface area contributed by atoms with Gasteiger partial charge in [0.1, 0.15) is 12.1 Å². The summed E-state index contributed by atoms with van der Waals surface area (Å²) in [5, 5.41) is 8.31. The summed E-state index contributed by atoms with van der Waals surface area (Å²) in [6, 6.07) is 15.4. The number of aromatic nitrogens is 4. The van der Waals surface area contributed by atoms with Crippen LogP contribution >= 0.6 is 0 Å². The lowest BCUT2D eigenvalue weighted by atomic mass is 9.99. The normalized spacial score (nSPS) is 16.3. The zero-order chi connectivity index (χ0) is 21.9. The molecule has 1 saturated heterocycles. The molecule has 1 amide bonds. The third kappa shape index (κ3) is 3.91. The van der Waals surface area contributed by atoms with Crippen molar-refractivity contribution in [1.29, 1.82) is 0 Å². The summed E-state index contributed by atoms with van der Waals surface area (Å²) in [6.07, 6.45) is 4.58. The molecule has 0 spiro atoms. The Labute approximate surface area is 185 Å². The van der Waals surface area contributed by atoms with Crippen LogP contribution in [0.3, 0.4) is 0 Å². The first-order valence-corrected chi connectivity index (χ1v) is 10.8. The van der Waals surface area contributed by atoms with Crippen LogP contribution in [0, 0.1) is 6.92 Å². The highest BCUT2D eigenvalue weighted by Gasteiger charge is 2.29. The van der Waals surface area contributed by atoms with Gasteiger partial charge in [0.05, 0.1) is 16.6 Å². The van der Waals surface area contributed by atoms with Crippen molar-refractivity contribution < 1.29 is 9.32 Å². The molecule has 0 radical (unpaired) electrons. The van der Waals surface area contributed by atoms with Crippen LogP contribution in [-0.2, 0) is 0 Å². The van der Waals surface area contributed by atoms with E-state index >= 15 is 0 Å². The Hall–Kier alpha value is -3.81. The molecule has 2 aromatic carbocycles. The van der Waals surface area contributed by atoms with Crippen LogP contribution in [0.25, 0.3) is 22.4 Å². The minimum Gasteiger partial charge on any atom is -0.367 e. The Morgan fingerprint density at radius 3 is 2.84 bits per heavy atom. The van der Waals surface area contributed by atoms with Crippen molar-refractivity contribution in [3.63, 3.8) is 0 Å². The molecule has 1 fully saturated rings. The van der Waals surface area contributed by atoms with Crippen LogP contribution in [0.5, 0.6) is 0 Å². The molecule has 1 aliphatic rings. The van der Waals surface area contributed by atoms with Gasteiger partial charge in [0, 0.05) is 24.5 Å². The van der Waals surface area contributed by atoms with Gasteiger partial charge in [-0.2, -0.15) is 4.98 Å². The van der Waals surface area contributed by atoms with Crippen molar-refractivity contribution >= 4 is 22.6 Å². The fraction of sp³-hybridized carbons (Fsp3) is 0.292. The number of aryl methyl sites for hydroxylation is 1. The summed E-state index contributed by atoms with van der Waals surface area (Å²) in [7, 11) is 0. The Morgan fingerprint density at radius 1 is 1.12 bits per heavy atom. The second-order valence-corrected chi connectivity index (χ2v) is 7.96. The lowest BCUT2D eigenvalue weighted by Gasteiger charge is -2.36. The Balaban J connectivity index is 1.39. The van der Waals surface area contributed by atoms with Crippen LogP contribution in [0.15, 0.2) is 59.4 Å². The minimum absolute atomic E-state index is 0.0181. The molecule has 1 unspecified atom stereocenters. The summed E-state index contributed by atoms with van der Waals surface area (Å²) in [6.45, 7) is 3.10. The second-order valence-electron chi connectivity index (χ2n) is 7.96. The minimum atomic E-state index is -0.0181. The Morgan fingerprint density at radius 2 is 1.97 bits per heavy atom. The number of benzene rings is 2. The smallest absolute Gasteiger partial charge is 0.258 e. The Kier molecular flexibility index (Phi) is 5.49. The van der Waals surface area contributed by atoms with Gasteiger partial charge in [0.15, 0.2) is 5.82 Å². The zero-order valence-electron chi connectivity index (χ0n) is 17.9. The number of para-hydroxylation sites is 1. The molecule has 8 heteroatoms. The first-order chi connectivity index (χ1) is 15.7. The number of piperidine rings is 1. The molecule has 0 aliphatic carbocycles. The number of carbonyl (C=O) groups is 1. The van der Waals surface area contributed by atoms with Gasteiger partial charge in [-0.3, -0.25) is 4.79 Å².